The number of piperidine rings is 1. The Bertz CT molecular complexity index is 829. The molecule has 0 radical (unpaired) electrons. The monoisotopic (exact) mass is 386 g/mol. The average molecular weight is 387 g/mol. The number of rotatable bonds is 8. The summed E-state index contributed by atoms with van der Waals surface area (Å²) in [4.78, 5) is 7.04. The van der Waals surface area contributed by atoms with Crippen molar-refractivity contribution in [2.75, 3.05) is 31.4 Å². The number of H-pyrrole nitrogens is 1. The maximum atomic E-state index is 5.90. The zero-order valence-electron chi connectivity index (χ0n) is 15.7. The molecule has 1 atom stereocenters. The van der Waals surface area contributed by atoms with Gasteiger partial charge in [0.2, 0.25) is 5.49 Å². The van der Waals surface area contributed by atoms with E-state index in [1.165, 1.54) is 37.9 Å². The molecule has 7 heteroatoms. The average Bonchev–Trinajstić information content (AvgIpc) is 3.02. The van der Waals surface area contributed by atoms with Gasteiger partial charge in [0.25, 0.3) is 11.0 Å². The second-order valence-electron chi connectivity index (χ2n) is 6.75. The summed E-state index contributed by atoms with van der Waals surface area (Å²) in [5, 5.41) is 5.78. The van der Waals surface area contributed by atoms with Crippen molar-refractivity contribution in [3.63, 3.8) is 0 Å². The molecule has 1 aromatic carbocycles. The zero-order valence-corrected chi connectivity index (χ0v) is 16.5. The van der Waals surface area contributed by atoms with Crippen molar-refractivity contribution in [1.29, 1.82) is 0 Å². The minimum absolute atomic E-state index is 0.451. The lowest BCUT2D eigenvalue weighted by Gasteiger charge is -2.26. The maximum Gasteiger partial charge on any atom is 0.277 e. The first kappa shape index (κ1) is 19.6. The third-order valence-corrected chi connectivity index (χ3v) is 5.37. The number of nitrogens with two attached hydrogens (primary N) is 1. The zero-order chi connectivity index (χ0) is 18.9. The van der Waals surface area contributed by atoms with Gasteiger partial charge >= 0.3 is 0 Å². The molecule has 27 heavy (non-hydrogen) atoms. The number of hydrogen-bond donors (Lipinski definition) is 2. The highest BCUT2D eigenvalue weighted by Gasteiger charge is 2.11. The predicted octanol–water partition coefficient (Wildman–Crippen LogP) is 2.40. The minimum atomic E-state index is -0.701. The van der Waals surface area contributed by atoms with Crippen molar-refractivity contribution in [2.45, 2.75) is 38.6 Å². The third kappa shape index (κ3) is 6.21. The van der Waals surface area contributed by atoms with E-state index >= 15 is 0 Å². The van der Waals surface area contributed by atoms with E-state index in [0.717, 1.165) is 29.9 Å². The van der Waals surface area contributed by atoms with Crippen LogP contribution >= 0.6 is 11.0 Å². The number of likely N-dealkylation sites (tertiary alicyclic amines) is 1. The second-order valence-corrected chi connectivity index (χ2v) is 7.77. The van der Waals surface area contributed by atoms with Crippen LogP contribution in [0.3, 0.4) is 0 Å². The van der Waals surface area contributed by atoms with Gasteiger partial charge in [0.1, 0.15) is 5.75 Å². The highest BCUT2D eigenvalue weighted by atomic mass is 32.2. The van der Waals surface area contributed by atoms with E-state index < -0.39 is 11.0 Å². The van der Waals surface area contributed by atoms with Crippen molar-refractivity contribution in [1.82, 2.24) is 13.6 Å². The molecule has 0 saturated carbocycles. The Kier molecular flexibility index (Phi) is 7.45. The van der Waals surface area contributed by atoms with Gasteiger partial charge in [-0.1, -0.05) is 29.6 Å². The van der Waals surface area contributed by atoms with E-state index in [-0.39, 0.29) is 0 Å². The van der Waals surface area contributed by atoms with E-state index in [1.54, 1.807) is 0 Å². The van der Waals surface area contributed by atoms with Gasteiger partial charge in [0, 0.05) is 23.9 Å². The largest absolute Gasteiger partial charge is 0.494 e. The Morgan fingerprint density at radius 3 is 3.00 bits per heavy atom. The highest BCUT2D eigenvalue weighted by Crippen LogP contribution is 2.17. The third-order valence-electron chi connectivity index (χ3n) is 4.55. The number of ether oxygens (including phenoxy) is 1. The van der Waals surface area contributed by atoms with Crippen LogP contribution in [0.1, 0.15) is 36.9 Å². The highest BCUT2D eigenvalue weighted by molar-refractivity contribution is 7.20. The van der Waals surface area contributed by atoms with Gasteiger partial charge < -0.3 is 4.74 Å². The summed E-state index contributed by atoms with van der Waals surface area (Å²) in [6, 6.07) is 8.41. The van der Waals surface area contributed by atoms with E-state index in [2.05, 4.69) is 42.8 Å². The molecule has 3 N–H and O–H groups in total. The number of nitrogens with one attached hydrogen (secondary N) is 1. The first-order valence-electron chi connectivity index (χ1n) is 9.50. The fraction of sp³-hybridized carbons (Fsp3) is 0.500. The number of benzene rings is 1. The van der Waals surface area contributed by atoms with Crippen LogP contribution in [0.4, 0.5) is 0 Å². The van der Waals surface area contributed by atoms with E-state index in [4.69, 9.17) is 16.3 Å². The molecular formula is C20H28N5OS+. The number of nitrogen functional groups attached to an aromatic ring is 1. The van der Waals surface area contributed by atoms with Gasteiger partial charge in [-0.3, -0.25) is 9.89 Å². The van der Waals surface area contributed by atoms with Crippen LogP contribution in [0.15, 0.2) is 29.3 Å². The molecule has 1 unspecified atom stereocenters. The van der Waals surface area contributed by atoms with Crippen LogP contribution in [0.25, 0.3) is 0 Å². The van der Waals surface area contributed by atoms with Gasteiger partial charge in [-0.15, -0.1) is 10.8 Å². The van der Waals surface area contributed by atoms with E-state index in [9.17, 15) is 0 Å². The molecule has 1 aliphatic rings. The number of nitrogens with zero attached hydrogens (tertiary/aromatic N) is 3. The molecule has 1 aromatic heterocycles. The Morgan fingerprint density at radius 2 is 2.19 bits per heavy atom. The molecule has 3 rings (SSSR count). The summed E-state index contributed by atoms with van der Waals surface area (Å²) >= 11 is -0.701. The normalized spacial score (nSPS) is 16.3. The molecule has 1 aliphatic heterocycles. The lowest BCUT2D eigenvalue weighted by Crippen LogP contribution is -2.29. The molecule has 0 spiro atoms. The van der Waals surface area contributed by atoms with Crippen molar-refractivity contribution in [3.05, 3.63) is 41.0 Å². The van der Waals surface area contributed by atoms with Crippen molar-refractivity contribution in [2.24, 2.45) is 4.99 Å². The Labute approximate surface area is 163 Å². The minimum Gasteiger partial charge on any atom is -0.494 e. The van der Waals surface area contributed by atoms with Crippen LogP contribution in [0.5, 0.6) is 5.75 Å². The molecule has 2 aromatic rings. The van der Waals surface area contributed by atoms with Crippen molar-refractivity contribution in [3.8, 4) is 18.1 Å². The Morgan fingerprint density at radius 1 is 1.33 bits per heavy atom. The van der Waals surface area contributed by atoms with Gasteiger partial charge in [0.05, 0.1) is 13.0 Å². The molecule has 0 bridgehead atoms. The topological polar surface area (TPSA) is 79.5 Å². The number of aromatic amines is 1. The van der Waals surface area contributed by atoms with Gasteiger partial charge in [0.15, 0.2) is 5.69 Å². The van der Waals surface area contributed by atoms with Gasteiger partial charge in [-0.05, 0) is 43.6 Å². The number of hydrogen-bond acceptors (Lipinski definition) is 5. The van der Waals surface area contributed by atoms with Gasteiger partial charge in [-0.2, -0.15) is 0 Å². The summed E-state index contributed by atoms with van der Waals surface area (Å²) in [5.41, 5.74) is 2.81. The maximum absolute atomic E-state index is 5.90. The molecule has 0 aliphatic carbocycles. The summed E-state index contributed by atoms with van der Waals surface area (Å²) in [5.74, 6) is 3.51. The van der Waals surface area contributed by atoms with E-state index in [1.807, 2.05) is 6.07 Å². The second kappa shape index (κ2) is 10.3. The van der Waals surface area contributed by atoms with Crippen LogP contribution in [-0.4, -0.2) is 39.9 Å². The summed E-state index contributed by atoms with van der Waals surface area (Å²) in [6.45, 7) is 4.69. The lowest BCUT2D eigenvalue weighted by atomic mass is 10.1. The molecule has 1 fully saturated rings. The fourth-order valence-electron chi connectivity index (χ4n) is 3.23. The number of terminal acetylenes is 1. The molecule has 0 amide bonds. The Balaban J connectivity index is 1.46. The molecule has 144 valence electrons. The molecular weight excluding hydrogens is 358 g/mol. The van der Waals surface area contributed by atoms with Crippen molar-refractivity contribution >= 4 is 11.0 Å². The standard InChI is InChI=1S/C20H28N5OS/c1-2-8-19-20(24-27(21)23-19)22-11-7-14-26-18-10-6-9-17(15-18)16-25-12-4-3-5-13-25/h1,6,9-10,15H,3-5,7-8,11-14,16,21H2,(H,22,24)/q+1. The molecule has 6 nitrogen and oxygen atoms in total. The summed E-state index contributed by atoms with van der Waals surface area (Å²) in [7, 11) is 0. The molecule has 1 saturated heterocycles. The Hall–Kier alpha value is -2.14. The first-order valence-corrected chi connectivity index (χ1v) is 10.7. The number of aromatic nitrogens is 2. The smallest absolute Gasteiger partial charge is 0.277 e. The lowest BCUT2D eigenvalue weighted by molar-refractivity contribution is 0.220. The first-order chi connectivity index (χ1) is 13.2. The van der Waals surface area contributed by atoms with Gasteiger partial charge in [-0.25, -0.2) is 0 Å². The molecule has 2 heterocycles. The van der Waals surface area contributed by atoms with E-state index in [0.29, 0.717) is 19.6 Å². The van der Waals surface area contributed by atoms with Crippen LogP contribution in [0, 0.1) is 12.3 Å². The SMILES string of the molecule is C#CCc1n[s+](N)[nH]c1=NCCCOc1cccc(CN2CCCCC2)c1. The van der Waals surface area contributed by atoms with Crippen LogP contribution < -0.4 is 15.4 Å². The predicted molar refractivity (Wildman–Crippen MR) is 110 cm³/mol. The van der Waals surface area contributed by atoms with Crippen molar-refractivity contribution < 1.29 is 4.74 Å². The van der Waals surface area contributed by atoms with Crippen LogP contribution in [-0.2, 0) is 13.0 Å². The quantitative estimate of drug-likeness (QED) is 0.415. The van der Waals surface area contributed by atoms with Crippen LogP contribution in [0.2, 0.25) is 0 Å². The summed E-state index contributed by atoms with van der Waals surface area (Å²) in [6.07, 6.45) is 10.6. The fourth-order valence-corrected chi connectivity index (χ4v) is 4.05. The summed E-state index contributed by atoms with van der Waals surface area (Å²) < 4.78 is 13.2.